The summed E-state index contributed by atoms with van der Waals surface area (Å²) in [4.78, 5) is 33.3. The fraction of sp³-hybridized carbons (Fsp3) is 0.464. The number of nitrogens with zero attached hydrogens (tertiary/aromatic N) is 2. The second-order valence-corrected chi connectivity index (χ2v) is 10.4. The van der Waals surface area contributed by atoms with E-state index in [1.54, 1.807) is 4.90 Å². The predicted molar refractivity (Wildman–Crippen MR) is 142 cm³/mol. The fourth-order valence-electron chi connectivity index (χ4n) is 4.88. The average Bonchev–Trinajstić information content (AvgIpc) is 3.06. The molecule has 1 saturated heterocycles. The first-order valence-electron chi connectivity index (χ1n) is 12.6. The van der Waals surface area contributed by atoms with Gasteiger partial charge in [-0.1, -0.05) is 51.1 Å². The molecule has 2 aliphatic rings. The molecule has 4 rings (SSSR count). The van der Waals surface area contributed by atoms with Crippen molar-refractivity contribution in [3.63, 3.8) is 0 Å². The quantitative estimate of drug-likeness (QED) is 0.577. The van der Waals surface area contributed by atoms with E-state index in [9.17, 15) is 9.59 Å². The number of carbonyl (C=O) groups excluding carboxylic acids is 2. The largest absolute Gasteiger partial charge is 0.321 e. The topological polar surface area (TPSA) is 85.8 Å². The molecule has 0 saturated carbocycles. The van der Waals surface area contributed by atoms with E-state index in [0.717, 1.165) is 54.8 Å². The SMILES string of the molecule is CCCN1C(=O)[C@@H](NC(=O)Nc2cccc(C)c2)N=C([C@@H]2CCC(C)(C)CCN2)c2ccccc21. The Balaban J connectivity index is 1.68. The number of benzodiazepines with no additional fused rings is 1. The molecule has 2 aromatic carbocycles. The molecule has 1 fully saturated rings. The minimum Gasteiger partial charge on any atom is -0.309 e. The Morgan fingerprint density at radius 3 is 2.74 bits per heavy atom. The van der Waals surface area contributed by atoms with Gasteiger partial charge in [-0.15, -0.1) is 0 Å². The maximum absolute atomic E-state index is 13.7. The van der Waals surface area contributed by atoms with Gasteiger partial charge >= 0.3 is 6.03 Å². The number of carbonyl (C=O) groups is 2. The molecule has 0 spiro atoms. The zero-order valence-electron chi connectivity index (χ0n) is 21.2. The molecular weight excluding hydrogens is 438 g/mol. The van der Waals surface area contributed by atoms with Crippen LogP contribution in [-0.2, 0) is 4.79 Å². The van der Waals surface area contributed by atoms with Crippen LogP contribution in [0.2, 0.25) is 0 Å². The van der Waals surface area contributed by atoms with Crippen LogP contribution in [-0.4, -0.2) is 42.9 Å². The van der Waals surface area contributed by atoms with Crippen LogP contribution in [0.3, 0.4) is 0 Å². The summed E-state index contributed by atoms with van der Waals surface area (Å²) in [7, 11) is 0. The van der Waals surface area contributed by atoms with Crippen LogP contribution in [0, 0.1) is 12.3 Å². The van der Waals surface area contributed by atoms with E-state index in [-0.39, 0.29) is 17.4 Å². The molecule has 3 amide bonds. The van der Waals surface area contributed by atoms with Crippen LogP contribution in [0.25, 0.3) is 0 Å². The molecule has 186 valence electrons. The summed E-state index contributed by atoms with van der Waals surface area (Å²) < 4.78 is 0. The van der Waals surface area contributed by atoms with Gasteiger partial charge < -0.3 is 20.9 Å². The first kappa shape index (κ1) is 24.9. The molecule has 2 aliphatic heterocycles. The number of para-hydroxylation sites is 1. The van der Waals surface area contributed by atoms with Crippen molar-refractivity contribution in [3.8, 4) is 0 Å². The predicted octanol–water partition coefficient (Wildman–Crippen LogP) is 4.86. The van der Waals surface area contributed by atoms with E-state index in [4.69, 9.17) is 4.99 Å². The molecule has 2 atom stereocenters. The van der Waals surface area contributed by atoms with Crippen LogP contribution >= 0.6 is 0 Å². The summed E-state index contributed by atoms with van der Waals surface area (Å²) in [6.45, 7) is 10.1. The summed E-state index contributed by atoms with van der Waals surface area (Å²) >= 11 is 0. The van der Waals surface area contributed by atoms with E-state index in [1.165, 1.54) is 0 Å². The molecule has 7 heteroatoms. The zero-order chi connectivity index (χ0) is 25.0. The molecular formula is C28H37N5O2. The van der Waals surface area contributed by atoms with Crippen molar-refractivity contribution in [3.05, 3.63) is 59.7 Å². The number of amides is 3. The van der Waals surface area contributed by atoms with Crippen LogP contribution in [0.1, 0.15) is 57.6 Å². The van der Waals surface area contributed by atoms with Crippen LogP contribution in [0.15, 0.2) is 53.5 Å². The Labute approximate surface area is 208 Å². The molecule has 0 radical (unpaired) electrons. The molecule has 35 heavy (non-hydrogen) atoms. The van der Waals surface area contributed by atoms with Gasteiger partial charge in [0.05, 0.1) is 11.4 Å². The van der Waals surface area contributed by atoms with Gasteiger partial charge in [-0.3, -0.25) is 9.79 Å². The van der Waals surface area contributed by atoms with Crippen LogP contribution < -0.4 is 20.9 Å². The molecule has 0 bridgehead atoms. The molecule has 0 aromatic heterocycles. The van der Waals surface area contributed by atoms with Gasteiger partial charge in [0.15, 0.2) is 0 Å². The summed E-state index contributed by atoms with van der Waals surface area (Å²) in [5.74, 6) is -0.220. The van der Waals surface area contributed by atoms with E-state index in [0.29, 0.717) is 12.2 Å². The lowest BCUT2D eigenvalue weighted by Crippen LogP contribution is -2.49. The van der Waals surface area contributed by atoms with Crippen LogP contribution in [0.4, 0.5) is 16.2 Å². The van der Waals surface area contributed by atoms with Gasteiger partial charge in [0.1, 0.15) is 0 Å². The maximum Gasteiger partial charge on any atom is 0.321 e. The number of anilines is 2. The molecule has 2 heterocycles. The highest BCUT2D eigenvalue weighted by Crippen LogP contribution is 2.33. The summed E-state index contributed by atoms with van der Waals surface area (Å²) in [6, 6.07) is 15.1. The Kier molecular flexibility index (Phi) is 7.55. The lowest BCUT2D eigenvalue weighted by molar-refractivity contribution is -0.120. The van der Waals surface area contributed by atoms with Crippen molar-refractivity contribution >= 4 is 29.0 Å². The third-order valence-electron chi connectivity index (χ3n) is 6.86. The monoisotopic (exact) mass is 475 g/mol. The maximum atomic E-state index is 13.7. The highest BCUT2D eigenvalue weighted by atomic mass is 16.2. The van der Waals surface area contributed by atoms with Gasteiger partial charge in [-0.25, -0.2) is 4.79 Å². The lowest BCUT2D eigenvalue weighted by atomic mass is 9.84. The van der Waals surface area contributed by atoms with Gasteiger partial charge in [0.2, 0.25) is 6.17 Å². The van der Waals surface area contributed by atoms with Crippen LogP contribution in [0.5, 0.6) is 0 Å². The zero-order valence-corrected chi connectivity index (χ0v) is 21.2. The number of rotatable bonds is 5. The number of hydrogen-bond donors (Lipinski definition) is 3. The number of benzene rings is 2. The molecule has 7 nitrogen and oxygen atoms in total. The number of nitrogens with one attached hydrogen (secondary N) is 3. The lowest BCUT2D eigenvalue weighted by Gasteiger charge is -2.25. The second kappa shape index (κ2) is 10.6. The Bertz CT molecular complexity index is 1110. The highest BCUT2D eigenvalue weighted by molar-refractivity contribution is 6.15. The standard InChI is InChI=1S/C28H37N5O2/c1-5-17-33-23-12-7-6-11-21(23)24(22-13-14-28(3,4)15-16-29-22)31-25(26(33)34)32-27(35)30-20-10-8-9-19(2)18-20/h6-12,18,22,25,29H,5,13-17H2,1-4H3,(H2,30,32,35)/t22-,25+/m0/s1. The van der Waals surface area contributed by atoms with Gasteiger partial charge in [-0.2, -0.15) is 0 Å². The minimum atomic E-state index is -1.01. The summed E-state index contributed by atoms with van der Waals surface area (Å²) in [5.41, 5.74) is 4.62. The van der Waals surface area contributed by atoms with Crippen molar-refractivity contribution in [1.82, 2.24) is 10.6 Å². The summed E-state index contributed by atoms with van der Waals surface area (Å²) in [6.07, 6.45) is 2.86. The van der Waals surface area contributed by atoms with Crippen molar-refractivity contribution in [1.29, 1.82) is 0 Å². The Morgan fingerprint density at radius 1 is 1.17 bits per heavy atom. The molecule has 2 aromatic rings. The Hall–Kier alpha value is -3.19. The summed E-state index contributed by atoms with van der Waals surface area (Å²) in [5, 5.41) is 9.36. The molecule has 0 unspecified atom stereocenters. The van der Waals surface area contributed by atoms with Gasteiger partial charge in [0.25, 0.3) is 5.91 Å². The first-order valence-corrected chi connectivity index (χ1v) is 12.6. The fourth-order valence-corrected chi connectivity index (χ4v) is 4.88. The van der Waals surface area contributed by atoms with Crippen molar-refractivity contribution < 1.29 is 9.59 Å². The number of hydrogen-bond acceptors (Lipinski definition) is 4. The van der Waals surface area contributed by atoms with E-state index < -0.39 is 12.2 Å². The third-order valence-corrected chi connectivity index (χ3v) is 6.86. The Morgan fingerprint density at radius 2 is 1.97 bits per heavy atom. The average molecular weight is 476 g/mol. The smallest absolute Gasteiger partial charge is 0.309 e. The van der Waals surface area contributed by atoms with E-state index >= 15 is 0 Å². The van der Waals surface area contributed by atoms with Gasteiger partial charge in [-0.05, 0) is 68.3 Å². The van der Waals surface area contributed by atoms with Crippen molar-refractivity contribution in [2.45, 2.75) is 65.6 Å². The normalized spacial score (nSPS) is 21.9. The third kappa shape index (κ3) is 5.90. The molecule has 3 N–H and O–H groups in total. The van der Waals surface area contributed by atoms with Gasteiger partial charge in [0, 0.05) is 23.8 Å². The van der Waals surface area contributed by atoms with E-state index in [1.807, 2.05) is 62.4 Å². The highest BCUT2D eigenvalue weighted by Gasteiger charge is 2.35. The van der Waals surface area contributed by atoms with E-state index in [2.05, 4.69) is 29.8 Å². The number of urea groups is 1. The first-order chi connectivity index (χ1) is 16.8. The molecule has 0 aliphatic carbocycles. The number of fused-ring (bicyclic) bond motifs is 1. The minimum absolute atomic E-state index is 0.0106. The van der Waals surface area contributed by atoms with Crippen molar-refractivity contribution in [2.24, 2.45) is 10.4 Å². The number of aryl methyl sites for hydroxylation is 1. The number of aliphatic imine (C=N–C) groups is 1. The second-order valence-electron chi connectivity index (χ2n) is 10.4. The van der Waals surface area contributed by atoms with Crippen molar-refractivity contribution in [2.75, 3.05) is 23.3 Å².